The monoisotopic (exact) mass is 429 g/mol. The third-order valence-electron chi connectivity index (χ3n) is 5.11. The number of benzene rings is 2. The zero-order valence-electron chi connectivity index (χ0n) is 17.9. The molecule has 2 amide bonds. The zero-order valence-corrected chi connectivity index (χ0v) is 18.6. The van der Waals surface area contributed by atoms with Gasteiger partial charge in [-0.25, -0.2) is 0 Å². The maximum atomic E-state index is 12.5. The van der Waals surface area contributed by atoms with Crippen LogP contribution in [0.5, 0.6) is 5.75 Å². The fourth-order valence-corrected chi connectivity index (χ4v) is 3.71. The first-order chi connectivity index (χ1) is 14.2. The summed E-state index contributed by atoms with van der Waals surface area (Å²) in [5, 5.41) is 3.44. The van der Waals surface area contributed by atoms with Crippen LogP contribution in [0.1, 0.15) is 31.1 Å². The number of nitrogens with zero attached hydrogens (tertiary/aromatic N) is 2. The van der Waals surface area contributed by atoms with E-state index in [1.54, 1.807) is 37.4 Å². The van der Waals surface area contributed by atoms with E-state index in [1.807, 2.05) is 37.8 Å². The average Bonchev–Trinajstić information content (AvgIpc) is 2.73. The Balaban J connectivity index is 1.63. The highest BCUT2D eigenvalue weighted by Gasteiger charge is 2.30. The van der Waals surface area contributed by atoms with E-state index in [2.05, 4.69) is 10.2 Å². The maximum absolute atomic E-state index is 12.5. The Morgan fingerprint density at radius 3 is 2.17 bits per heavy atom. The molecular formula is C23H28ClN3O3. The summed E-state index contributed by atoms with van der Waals surface area (Å²) in [5.74, 6) is 0.656. The molecule has 2 aromatic rings. The highest BCUT2D eigenvalue weighted by Crippen LogP contribution is 2.30. The first kappa shape index (κ1) is 22.0. The lowest BCUT2D eigenvalue weighted by Crippen LogP contribution is -2.51. The minimum absolute atomic E-state index is 0.171. The first-order valence-corrected chi connectivity index (χ1v) is 10.4. The molecule has 0 spiro atoms. The van der Waals surface area contributed by atoms with Gasteiger partial charge in [-0.05, 0) is 42.5 Å². The minimum Gasteiger partial charge on any atom is -0.497 e. The van der Waals surface area contributed by atoms with Crippen LogP contribution in [0.4, 0.5) is 11.4 Å². The molecule has 0 unspecified atom stereocenters. The van der Waals surface area contributed by atoms with Gasteiger partial charge in [-0.15, -0.1) is 0 Å². The highest BCUT2D eigenvalue weighted by molar-refractivity contribution is 6.33. The molecule has 160 valence electrons. The number of ether oxygens (including phenoxy) is 1. The third-order valence-corrected chi connectivity index (χ3v) is 5.41. The largest absolute Gasteiger partial charge is 0.497 e. The number of hydrogen-bond acceptors (Lipinski definition) is 4. The molecule has 0 aliphatic carbocycles. The number of nitrogens with one attached hydrogen (secondary N) is 1. The van der Waals surface area contributed by atoms with Crippen LogP contribution in [-0.4, -0.2) is 50.0 Å². The van der Waals surface area contributed by atoms with E-state index in [0.717, 1.165) is 18.8 Å². The van der Waals surface area contributed by atoms with Crippen molar-refractivity contribution in [3.8, 4) is 5.75 Å². The summed E-state index contributed by atoms with van der Waals surface area (Å²) in [6, 6.07) is 12.4. The van der Waals surface area contributed by atoms with Crippen LogP contribution in [0.3, 0.4) is 0 Å². The Bertz CT molecular complexity index is 914. The average molecular weight is 430 g/mol. The Kier molecular flexibility index (Phi) is 6.56. The molecular weight excluding hydrogens is 402 g/mol. The van der Waals surface area contributed by atoms with E-state index in [-0.39, 0.29) is 17.2 Å². The standard InChI is InChI=1S/C23H28ClN3O3/c1-23(2,3)22(29)27-13-11-26(12-14-27)20-10-7-17(15-19(20)24)25-21(28)16-5-8-18(30-4)9-6-16/h5-10,15H,11-14H2,1-4H3,(H,25,28). The summed E-state index contributed by atoms with van der Waals surface area (Å²) in [6.45, 7) is 8.61. The molecule has 30 heavy (non-hydrogen) atoms. The second-order valence-corrected chi connectivity index (χ2v) is 8.79. The van der Waals surface area contributed by atoms with Crippen LogP contribution < -0.4 is 15.0 Å². The van der Waals surface area contributed by atoms with Gasteiger partial charge in [-0.1, -0.05) is 32.4 Å². The van der Waals surface area contributed by atoms with Crippen molar-refractivity contribution in [2.45, 2.75) is 20.8 Å². The van der Waals surface area contributed by atoms with Gasteiger partial charge in [0.1, 0.15) is 5.75 Å². The Morgan fingerprint density at radius 1 is 1.00 bits per heavy atom. The molecule has 6 nitrogen and oxygen atoms in total. The van der Waals surface area contributed by atoms with Crippen molar-refractivity contribution in [3.05, 3.63) is 53.1 Å². The number of piperazine rings is 1. The van der Waals surface area contributed by atoms with E-state index >= 15 is 0 Å². The molecule has 1 heterocycles. The van der Waals surface area contributed by atoms with Crippen LogP contribution in [0.25, 0.3) is 0 Å². The SMILES string of the molecule is COc1ccc(C(=O)Nc2ccc(N3CCN(C(=O)C(C)(C)C)CC3)c(Cl)c2)cc1. The van der Waals surface area contributed by atoms with E-state index < -0.39 is 0 Å². The Hall–Kier alpha value is -2.73. The van der Waals surface area contributed by atoms with Crippen molar-refractivity contribution in [3.63, 3.8) is 0 Å². The number of carbonyl (C=O) groups is 2. The van der Waals surface area contributed by atoms with Crippen molar-refractivity contribution in [2.24, 2.45) is 5.41 Å². The van der Waals surface area contributed by atoms with Gasteiger partial charge in [0.25, 0.3) is 5.91 Å². The molecule has 0 saturated carbocycles. The summed E-state index contributed by atoms with van der Waals surface area (Å²) >= 11 is 6.51. The molecule has 1 N–H and O–H groups in total. The topological polar surface area (TPSA) is 61.9 Å². The molecule has 0 aromatic heterocycles. The van der Waals surface area contributed by atoms with Gasteiger partial charge >= 0.3 is 0 Å². The lowest BCUT2D eigenvalue weighted by Gasteiger charge is -2.39. The number of hydrogen-bond donors (Lipinski definition) is 1. The Labute approximate surface area is 182 Å². The van der Waals surface area contributed by atoms with Crippen LogP contribution >= 0.6 is 11.6 Å². The van der Waals surface area contributed by atoms with Crippen molar-refractivity contribution in [2.75, 3.05) is 43.5 Å². The van der Waals surface area contributed by atoms with Gasteiger partial charge in [-0.3, -0.25) is 9.59 Å². The normalized spacial score (nSPS) is 14.4. The van der Waals surface area contributed by atoms with Crippen LogP contribution in [0.2, 0.25) is 5.02 Å². The summed E-state index contributed by atoms with van der Waals surface area (Å²) in [5.41, 5.74) is 1.70. The molecule has 0 radical (unpaired) electrons. The van der Waals surface area contributed by atoms with Crippen LogP contribution in [0, 0.1) is 5.41 Å². The molecule has 3 rings (SSSR count). The Morgan fingerprint density at radius 2 is 1.63 bits per heavy atom. The summed E-state index contributed by atoms with van der Waals surface area (Å²) in [4.78, 5) is 29.0. The number of amides is 2. The fourth-order valence-electron chi connectivity index (χ4n) is 3.41. The van der Waals surface area contributed by atoms with Gasteiger partial charge < -0.3 is 19.9 Å². The van der Waals surface area contributed by atoms with E-state index in [4.69, 9.17) is 16.3 Å². The number of anilines is 2. The predicted octanol–water partition coefficient (Wildman–Crippen LogP) is 4.30. The van der Waals surface area contributed by atoms with Gasteiger partial charge in [0, 0.05) is 42.8 Å². The molecule has 1 saturated heterocycles. The lowest BCUT2D eigenvalue weighted by atomic mass is 9.94. The summed E-state index contributed by atoms with van der Waals surface area (Å²) in [7, 11) is 1.58. The molecule has 0 bridgehead atoms. The minimum atomic E-state index is -0.371. The smallest absolute Gasteiger partial charge is 0.255 e. The number of halogens is 1. The fraction of sp³-hybridized carbons (Fsp3) is 0.391. The lowest BCUT2D eigenvalue weighted by molar-refractivity contribution is -0.139. The number of rotatable bonds is 4. The van der Waals surface area contributed by atoms with Gasteiger partial charge in [0.2, 0.25) is 5.91 Å². The quantitative estimate of drug-likeness (QED) is 0.787. The van der Waals surface area contributed by atoms with E-state index in [9.17, 15) is 9.59 Å². The summed E-state index contributed by atoms with van der Waals surface area (Å²) in [6.07, 6.45) is 0. The van der Waals surface area contributed by atoms with E-state index in [0.29, 0.717) is 35.1 Å². The maximum Gasteiger partial charge on any atom is 0.255 e. The molecule has 2 aromatic carbocycles. The van der Waals surface area contributed by atoms with Gasteiger partial charge in [0.15, 0.2) is 0 Å². The number of carbonyl (C=O) groups excluding carboxylic acids is 2. The van der Waals surface area contributed by atoms with Gasteiger partial charge in [-0.2, -0.15) is 0 Å². The first-order valence-electron chi connectivity index (χ1n) is 9.98. The molecule has 1 fully saturated rings. The van der Waals surface area contributed by atoms with Crippen LogP contribution in [-0.2, 0) is 4.79 Å². The predicted molar refractivity (Wildman–Crippen MR) is 121 cm³/mol. The van der Waals surface area contributed by atoms with Gasteiger partial charge in [0.05, 0.1) is 17.8 Å². The van der Waals surface area contributed by atoms with Crippen molar-refractivity contribution in [1.29, 1.82) is 0 Å². The van der Waals surface area contributed by atoms with Crippen molar-refractivity contribution < 1.29 is 14.3 Å². The molecule has 1 aliphatic rings. The second-order valence-electron chi connectivity index (χ2n) is 8.38. The molecule has 7 heteroatoms. The van der Waals surface area contributed by atoms with Crippen molar-refractivity contribution in [1.82, 2.24) is 4.90 Å². The van der Waals surface area contributed by atoms with Crippen molar-refractivity contribution >= 4 is 34.8 Å². The zero-order chi connectivity index (χ0) is 21.9. The number of methoxy groups -OCH3 is 1. The summed E-state index contributed by atoms with van der Waals surface area (Å²) < 4.78 is 5.11. The molecule has 1 aliphatic heterocycles. The third kappa shape index (κ3) is 5.05. The highest BCUT2D eigenvalue weighted by atomic mass is 35.5. The molecule has 0 atom stereocenters. The van der Waals surface area contributed by atoms with Crippen LogP contribution in [0.15, 0.2) is 42.5 Å². The van der Waals surface area contributed by atoms with E-state index in [1.165, 1.54) is 0 Å². The second kappa shape index (κ2) is 8.96.